The normalized spacial score (nSPS) is 43.2. The fourth-order valence-electron chi connectivity index (χ4n) is 3.52. The minimum Gasteiger partial charge on any atom is -0.481 e. The molecule has 2 unspecified atom stereocenters. The number of rotatable bonds is 3. The van der Waals surface area contributed by atoms with Crippen molar-refractivity contribution in [3.63, 3.8) is 0 Å². The molecule has 6 heteroatoms. The Kier molecular flexibility index (Phi) is 2.24. The number of likely N-dealkylation sites (tertiary alicyclic amines) is 1. The maximum absolute atomic E-state index is 12.3. The highest BCUT2D eigenvalue weighted by molar-refractivity contribution is 6.07. The number of carbonyl (C=O) groups excluding carboxylic acids is 2. The highest BCUT2D eigenvalue weighted by atomic mass is 16.5. The van der Waals surface area contributed by atoms with E-state index in [1.807, 2.05) is 12.2 Å². The van der Waals surface area contributed by atoms with Gasteiger partial charge in [0, 0.05) is 6.54 Å². The molecule has 0 aromatic rings. The summed E-state index contributed by atoms with van der Waals surface area (Å²) in [6.45, 7) is 3.53. The Bertz CT molecular complexity index is 491. The van der Waals surface area contributed by atoms with E-state index in [1.54, 1.807) is 13.8 Å². The van der Waals surface area contributed by atoms with Gasteiger partial charge in [0.25, 0.3) is 0 Å². The predicted molar refractivity (Wildman–Crippen MR) is 63.0 cm³/mol. The van der Waals surface area contributed by atoms with Gasteiger partial charge in [0.15, 0.2) is 0 Å². The fourth-order valence-corrected chi connectivity index (χ4v) is 3.52. The van der Waals surface area contributed by atoms with Crippen LogP contribution in [0.15, 0.2) is 12.2 Å². The third-order valence-electron chi connectivity index (χ3n) is 4.37. The van der Waals surface area contributed by atoms with Gasteiger partial charge in [-0.3, -0.25) is 19.3 Å². The van der Waals surface area contributed by atoms with Crippen molar-refractivity contribution in [2.24, 2.45) is 11.8 Å². The molecule has 2 fully saturated rings. The van der Waals surface area contributed by atoms with Gasteiger partial charge in [-0.2, -0.15) is 0 Å². The first kappa shape index (κ1) is 12.3. The standard InChI is InChI=1S/C13H15NO5/c1-12-4-5-13(2,19-12)9-8(12)10(17)14(11(9)18)6-3-7(15)16/h4-5,8-9H,3,6H2,1-2H3,(H,15,16)/t8?,9?,12-,13+. The third kappa shape index (κ3) is 1.43. The molecule has 4 atom stereocenters. The fraction of sp³-hybridized carbons (Fsp3) is 0.615. The van der Waals surface area contributed by atoms with Crippen molar-refractivity contribution in [3.8, 4) is 0 Å². The van der Waals surface area contributed by atoms with Gasteiger partial charge in [-0.05, 0) is 13.8 Å². The van der Waals surface area contributed by atoms with Gasteiger partial charge >= 0.3 is 5.97 Å². The number of nitrogens with zero attached hydrogens (tertiary/aromatic N) is 1. The number of imide groups is 1. The number of aliphatic carboxylic acids is 1. The van der Waals surface area contributed by atoms with Crippen LogP contribution in [0.25, 0.3) is 0 Å². The summed E-state index contributed by atoms with van der Waals surface area (Å²) < 4.78 is 5.83. The molecule has 2 saturated heterocycles. The summed E-state index contributed by atoms with van der Waals surface area (Å²) in [5.74, 6) is -2.70. The molecule has 3 heterocycles. The van der Waals surface area contributed by atoms with E-state index in [2.05, 4.69) is 0 Å². The summed E-state index contributed by atoms with van der Waals surface area (Å²) >= 11 is 0. The van der Waals surface area contributed by atoms with E-state index >= 15 is 0 Å². The number of ether oxygens (including phenoxy) is 1. The van der Waals surface area contributed by atoms with Crippen molar-refractivity contribution in [3.05, 3.63) is 12.2 Å². The van der Waals surface area contributed by atoms with Gasteiger partial charge in [0.2, 0.25) is 11.8 Å². The summed E-state index contributed by atoms with van der Waals surface area (Å²) in [5, 5.41) is 8.68. The van der Waals surface area contributed by atoms with Crippen molar-refractivity contribution >= 4 is 17.8 Å². The quantitative estimate of drug-likeness (QED) is 0.581. The molecular weight excluding hydrogens is 250 g/mol. The highest BCUT2D eigenvalue weighted by Gasteiger charge is 2.70. The van der Waals surface area contributed by atoms with E-state index < -0.39 is 29.0 Å². The molecule has 3 rings (SSSR count). The van der Waals surface area contributed by atoms with Crippen LogP contribution in [-0.2, 0) is 19.1 Å². The minimum atomic E-state index is -1.02. The summed E-state index contributed by atoms with van der Waals surface area (Å²) in [5.41, 5.74) is -1.49. The lowest BCUT2D eigenvalue weighted by Gasteiger charge is -2.24. The second kappa shape index (κ2) is 3.45. The predicted octanol–water partition coefficient (Wildman–Crippen LogP) is 0.180. The highest BCUT2D eigenvalue weighted by Crippen LogP contribution is 2.56. The van der Waals surface area contributed by atoms with Crippen LogP contribution in [0.2, 0.25) is 0 Å². The molecule has 0 aromatic carbocycles. The molecule has 19 heavy (non-hydrogen) atoms. The first-order valence-electron chi connectivity index (χ1n) is 6.26. The number of hydrogen-bond acceptors (Lipinski definition) is 4. The lowest BCUT2D eigenvalue weighted by molar-refractivity contribution is -0.147. The molecule has 0 aliphatic carbocycles. The minimum absolute atomic E-state index is 0.0633. The first-order valence-corrected chi connectivity index (χ1v) is 6.26. The Hall–Kier alpha value is -1.69. The monoisotopic (exact) mass is 265 g/mol. The number of carboxylic acid groups (broad SMARTS) is 1. The van der Waals surface area contributed by atoms with Crippen LogP contribution in [0.4, 0.5) is 0 Å². The van der Waals surface area contributed by atoms with E-state index in [9.17, 15) is 14.4 Å². The van der Waals surface area contributed by atoms with Crippen molar-refractivity contribution in [2.75, 3.05) is 6.54 Å². The van der Waals surface area contributed by atoms with Crippen molar-refractivity contribution in [1.82, 2.24) is 4.90 Å². The number of fused-ring (bicyclic) bond motifs is 5. The Morgan fingerprint density at radius 1 is 1.26 bits per heavy atom. The maximum atomic E-state index is 12.3. The molecule has 2 amide bonds. The molecule has 3 aliphatic rings. The van der Waals surface area contributed by atoms with E-state index in [-0.39, 0.29) is 24.8 Å². The average molecular weight is 265 g/mol. The van der Waals surface area contributed by atoms with Gasteiger partial charge in [-0.15, -0.1) is 0 Å². The van der Waals surface area contributed by atoms with Crippen molar-refractivity contribution in [2.45, 2.75) is 31.5 Å². The van der Waals surface area contributed by atoms with Gasteiger partial charge in [0.1, 0.15) is 0 Å². The van der Waals surface area contributed by atoms with Crippen LogP contribution in [0.3, 0.4) is 0 Å². The first-order chi connectivity index (χ1) is 8.78. The zero-order chi connectivity index (χ0) is 14.0. The maximum Gasteiger partial charge on any atom is 0.305 e. The molecule has 0 aromatic heterocycles. The molecule has 3 aliphatic heterocycles. The SMILES string of the molecule is C[C@]12C=C[C@](C)(O1)C1C(=O)N(CCC(=O)O)C(=O)C12. The number of carboxylic acids is 1. The van der Waals surface area contributed by atoms with Crippen LogP contribution in [0.5, 0.6) is 0 Å². The molecule has 102 valence electrons. The van der Waals surface area contributed by atoms with Gasteiger partial charge in [-0.25, -0.2) is 0 Å². The van der Waals surface area contributed by atoms with Crippen LogP contribution in [0.1, 0.15) is 20.3 Å². The number of amides is 2. The largest absolute Gasteiger partial charge is 0.481 e. The Morgan fingerprint density at radius 2 is 1.74 bits per heavy atom. The second-order valence-corrected chi connectivity index (χ2v) is 5.73. The molecule has 0 saturated carbocycles. The Morgan fingerprint density at radius 3 is 2.16 bits per heavy atom. The summed E-state index contributed by atoms with van der Waals surface area (Å²) in [6, 6.07) is 0. The Balaban J connectivity index is 1.91. The van der Waals surface area contributed by atoms with Gasteiger partial charge < -0.3 is 9.84 Å². The van der Waals surface area contributed by atoms with Crippen molar-refractivity contribution < 1.29 is 24.2 Å². The third-order valence-corrected chi connectivity index (χ3v) is 4.37. The molecule has 2 bridgehead atoms. The molecule has 6 nitrogen and oxygen atoms in total. The van der Waals surface area contributed by atoms with Crippen molar-refractivity contribution in [1.29, 1.82) is 0 Å². The zero-order valence-corrected chi connectivity index (χ0v) is 10.8. The van der Waals surface area contributed by atoms with Crippen LogP contribution < -0.4 is 0 Å². The lowest BCUT2D eigenvalue weighted by atomic mass is 9.73. The number of carbonyl (C=O) groups is 3. The van der Waals surface area contributed by atoms with Gasteiger partial charge in [0.05, 0.1) is 29.5 Å². The molecule has 0 spiro atoms. The average Bonchev–Trinajstić information content (AvgIpc) is 2.83. The van der Waals surface area contributed by atoms with E-state index in [4.69, 9.17) is 9.84 Å². The molecule has 1 N–H and O–H groups in total. The van der Waals surface area contributed by atoms with Crippen LogP contribution in [0, 0.1) is 11.8 Å². The van der Waals surface area contributed by atoms with E-state index in [0.29, 0.717) is 0 Å². The Labute approximate surface area is 110 Å². The molecular formula is C13H15NO5. The smallest absolute Gasteiger partial charge is 0.305 e. The summed E-state index contributed by atoms with van der Waals surface area (Å²) in [4.78, 5) is 36.4. The van der Waals surface area contributed by atoms with E-state index in [0.717, 1.165) is 4.90 Å². The lowest BCUT2D eigenvalue weighted by Crippen LogP contribution is -2.40. The van der Waals surface area contributed by atoms with Crippen LogP contribution >= 0.6 is 0 Å². The van der Waals surface area contributed by atoms with Crippen LogP contribution in [-0.4, -0.2) is 45.5 Å². The number of hydrogen-bond donors (Lipinski definition) is 1. The van der Waals surface area contributed by atoms with Gasteiger partial charge in [-0.1, -0.05) is 12.2 Å². The topological polar surface area (TPSA) is 83.9 Å². The summed E-state index contributed by atoms with van der Waals surface area (Å²) in [6.07, 6.45) is 3.44. The summed E-state index contributed by atoms with van der Waals surface area (Å²) in [7, 11) is 0. The van der Waals surface area contributed by atoms with E-state index in [1.165, 1.54) is 0 Å². The zero-order valence-electron chi connectivity index (χ0n) is 10.8. The molecule has 0 radical (unpaired) electrons. The second-order valence-electron chi connectivity index (χ2n) is 5.73.